The minimum absolute atomic E-state index is 0.0837. The summed E-state index contributed by atoms with van der Waals surface area (Å²) >= 11 is 0. The van der Waals surface area contributed by atoms with E-state index in [9.17, 15) is 35.2 Å². The Labute approximate surface area is 227 Å². The largest absolute Gasteiger partial charge is 0.493 e. The molecule has 8 nitrogen and oxygen atoms in total. The van der Waals surface area contributed by atoms with Gasteiger partial charge in [0.05, 0.1) is 12.3 Å². The summed E-state index contributed by atoms with van der Waals surface area (Å²) in [5.41, 5.74) is -0.346. The zero-order chi connectivity index (χ0) is 29.8. The van der Waals surface area contributed by atoms with Crippen molar-refractivity contribution >= 4 is 15.9 Å². The molecule has 216 valence electrons. The van der Waals surface area contributed by atoms with Gasteiger partial charge < -0.3 is 9.47 Å². The van der Waals surface area contributed by atoms with Crippen molar-refractivity contribution < 1.29 is 44.6 Å². The van der Waals surface area contributed by atoms with Crippen LogP contribution in [-0.2, 0) is 10.0 Å². The highest BCUT2D eigenvalue weighted by molar-refractivity contribution is 7.90. The molecule has 0 bridgehead atoms. The molecule has 3 rings (SSSR count). The van der Waals surface area contributed by atoms with Crippen molar-refractivity contribution in [3.05, 3.63) is 65.6 Å². The molecule has 1 atom stereocenters. The van der Waals surface area contributed by atoms with E-state index in [-0.39, 0.29) is 29.5 Å². The molecule has 0 saturated carbocycles. The lowest BCUT2D eigenvalue weighted by Gasteiger charge is -2.24. The predicted octanol–water partition coefficient (Wildman–Crippen LogP) is 5.41. The fraction of sp³-hybridized carbons (Fsp3) is 0.346. The van der Waals surface area contributed by atoms with Crippen molar-refractivity contribution in [2.75, 3.05) is 6.61 Å². The van der Waals surface area contributed by atoms with Gasteiger partial charge in [-0.05, 0) is 56.2 Å². The highest BCUT2D eigenvalue weighted by atomic mass is 32.2. The van der Waals surface area contributed by atoms with E-state index in [0.29, 0.717) is 12.6 Å². The number of hydrogen-bond acceptors (Lipinski definition) is 7. The number of ether oxygens (including phenoxy) is 2. The van der Waals surface area contributed by atoms with Crippen LogP contribution in [0.3, 0.4) is 0 Å². The molecule has 2 heterocycles. The lowest BCUT2D eigenvalue weighted by molar-refractivity contribution is -0.179. The highest BCUT2D eigenvalue weighted by Crippen LogP contribution is 2.33. The number of halogens is 5. The standard InChI is InChI=1S/C26H26F5N3O5S/c1-14(2)13-38-19-11-17(10-18(27)12-19)21-9-8-20(24(33-21)39-16(4)26(30,31)25(28)29)23(35)34-40(36,37)22-7-5-6-15(3)32-22/h5-12,14,16,25H,13H2,1-4H3,(H,34,35). The summed E-state index contributed by atoms with van der Waals surface area (Å²) in [4.78, 5) is 20.8. The maximum Gasteiger partial charge on any atom is 0.343 e. The van der Waals surface area contributed by atoms with Crippen LogP contribution < -0.4 is 14.2 Å². The van der Waals surface area contributed by atoms with E-state index in [1.54, 1.807) is 4.72 Å². The molecule has 1 amide bonds. The number of aromatic nitrogens is 2. The van der Waals surface area contributed by atoms with Gasteiger partial charge in [0.15, 0.2) is 11.1 Å². The van der Waals surface area contributed by atoms with Crippen molar-refractivity contribution in [3.63, 3.8) is 0 Å². The third-order valence-corrected chi connectivity index (χ3v) is 6.57. The zero-order valence-corrected chi connectivity index (χ0v) is 22.6. The first-order valence-electron chi connectivity index (χ1n) is 11.9. The van der Waals surface area contributed by atoms with Gasteiger partial charge in [0.25, 0.3) is 15.9 Å². The van der Waals surface area contributed by atoms with Crippen LogP contribution >= 0.6 is 0 Å². The molecular weight excluding hydrogens is 561 g/mol. The van der Waals surface area contributed by atoms with Gasteiger partial charge in [-0.2, -0.15) is 17.2 Å². The Balaban J connectivity index is 2.05. The van der Waals surface area contributed by atoms with E-state index in [1.807, 2.05) is 13.8 Å². The van der Waals surface area contributed by atoms with Crippen LogP contribution in [0.25, 0.3) is 11.3 Å². The van der Waals surface area contributed by atoms with Crippen LogP contribution in [0.2, 0.25) is 0 Å². The Morgan fingerprint density at radius 3 is 2.38 bits per heavy atom. The molecule has 1 aromatic carbocycles. The summed E-state index contributed by atoms with van der Waals surface area (Å²) in [6.45, 7) is 6.16. The number of hydrogen-bond donors (Lipinski definition) is 1. The van der Waals surface area contributed by atoms with Crippen LogP contribution in [0.4, 0.5) is 22.0 Å². The summed E-state index contributed by atoms with van der Waals surface area (Å²) in [6.07, 6.45) is -6.60. The number of rotatable bonds is 11. The molecule has 3 aromatic rings. The van der Waals surface area contributed by atoms with Crippen LogP contribution in [0.1, 0.15) is 36.8 Å². The molecule has 0 fully saturated rings. The number of sulfonamides is 1. The van der Waals surface area contributed by atoms with Crippen LogP contribution in [-0.4, -0.2) is 49.4 Å². The lowest BCUT2D eigenvalue weighted by atomic mass is 10.1. The molecule has 14 heteroatoms. The number of benzene rings is 1. The van der Waals surface area contributed by atoms with Gasteiger partial charge in [0.2, 0.25) is 5.88 Å². The molecule has 0 aliphatic heterocycles. The van der Waals surface area contributed by atoms with Gasteiger partial charge in [0.1, 0.15) is 17.1 Å². The van der Waals surface area contributed by atoms with Gasteiger partial charge in [-0.25, -0.2) is 27.9 Å². The molecule has 1 unspecified atom stereocenters. The van der Waals surface area contributed by atoms with E-state index in [0.717, 1.165) is 24.3 Å². The summed E-state index contributed by atoms with van der Waals surface area (Å²) in [6, 6.07) is 9.73. The van der Waals surface area contributed by atoms with E-state index in [2.05, 4.69) is 9.97 Å². The Morgan fingerprint density at radius 1 is 1.05 bits per heavy atom. The summed E-state index contributed by atoms with van der Waals surface area (Å²) in [5, 5.41) is -0.501. The Morgan fingerprint density at radius 2 is 1.75 bits per heavy atom. The number of nitrogens with zero attached hydrogens (tertiary/aromatic N) is 2. The van der Waals surface area contributed by atoms with E-state index in [4.69, 9.17) is 9.47 Å². The third kappa shape index (κ3) is 7.43. The number of carbonyl (C=O) groups excluding carboxylic acids is 1. The van der Waals surface area contributed by atoms with Crippen molar-refractivity contribution in [1.29, 1.82) is 0 Å². The third-order valence-electron chi connectivity index (χ3n) is 5.34. The second kappa shape index (κ2) is 12.1. The molecule has 0 aliphatic rings. The quantitative estimate of drug-likeness (QED) is 0.299. The van der Waals surface area contributed by atoms with E-state index < -0.39 is 56.7 Å². The van der Waals surface area contributed by atoms with Crippen LogP contribution in [0.15, 0.2) is 53.6 Å². The first-order chi connectivity index (χ1) is 18.6. The molecule has 0 radical (unpaired) electrons. The van der Waals surface area contributed by atoms with Crippen molar-refractivity contribution in [2.24, 2.45) is 5.92 Å². The topological polar surface area (TPSA) is 107 Å². The van der Waals surface area contributed by atoms with Crippen molar-refractivity contribution in [1.82, 2.24) is 14.7 Å². The number of alkyl halides is 4. The summed E-state index contributed by atoms with van der Waals surface area (Å²) in [5.74, 6) is -7.37. The second-order valence-electron chi connectivity index (χ2n) is 9.22. The molecule has 0 spiro atoms. The number of nitrogens with one attached hydrogen (secondary N) is 1. The average molecular weight is 588 g/mol. The lowest BCUT2D eigenvalue weighted by Crippen LogP contribution is -2.42. The fourth-order valence-corrected chi connectivity index (χ4v) is 4.22. The van der Waals surface area contributed by atoms with Gasteiger partial charge >= 0.3 is 12.3 Å². The predicted molar refractivity (Wildman–Crippen MR) is 135 cm³/mol. The SMILES string of the molecule is Cc1cccc(S(=O)(=O)NC(=O)c2ccc(-c3cc(F)cc(OCC(C)C)c3)nc2OC(C)C(F)(F)C(F)F)n1. The van der Waals surface area contributed by atoms with Gasteiger partial charge in [-0.1, -0.05) is 19.9 Å². The first-order valence-corrected chi connectivity index (χ1v) is 13.4. The molecule has 1 N–H and O–H groups in total. The number of aryl methyl sites for hydroxylation is 1. The monoisotopic (exact) mass is 587 g/mol. The van der Waals surface area contributed by atoms with E-state index in [1.165, 1.54) is 31.2 Å². The van der Waals surface area contributed by atoms with Crippen molar-refractivity contribution in [3.8, 4) is 22.9 Å². The zero-order valence-electron chi connectivity index (χ0n) is 21.8. The molecule has 40 heavy (non-hydrogen) atoms. The molecule has 2 aromatic heterocycles. The van der Waals surface area contributed by atoms with Crippen LogP contribution in [0, 0.1) is 18.7 Å². The fourth-order valence-electron chi connectivity index (χ4n) is 3.24. The summed E-state index contributed by atoms with van der Waals surface area (Å²) in [7, 11) is -4.53. The Hall–Kier alpha value is -3.81. The molecule has 0 aliphatic carbocycles. The Kier molecular flexibility index (Phi) is 9.33. The number of pyridine rings is 2. The van der Waals surface area contributed by atoms with Gasteiger partial charge in [-0.15, -0.1) is 0 Å². The minimum atomic E-state index is -4.65. The Bertz CT molecular complexity index is 1490. The van der Waals surface area contributed by atoms with E-state index >= 15 is 0 Å². The van der Waals surface area contributed by atoms with Crippen molar-refractivity contribution in [2.45, 2.75) is 51.2 Å². The second-order valence-corrected chi connectivity index (χ2v) is 10.8. The minimum Gasteiger partial charge on any atom is -0.493 e. The number of carbonyl (C=O) groups is 1. The molecule has 0 saturated heterocycles. The summed E-state index contributed by atoms with van der Waals surface area (Å²) < 4.78 is 106. The van der Waals surface area contributed by atoms with Gasteiger partial charge in [-0.3, -0.25) is 4.79 Å². The average Bonchev–Trinajstić information content (AvgIpc) is 2.86. The smallest absolute Gasteiger partial charge is 0.343 e. The normalized spacial score (nSPS) is 12.9. The first kappa shape index (κ1) is 30.7. The maximum atomic E-state index is 14.3. The number of amides is 1. The van der Waals surface area contributed by atoms with Gasteiger partial charge in [0, 0.05) is 17.3 Å². The highest BCUT2D eigenvalue weighted by Gasteiger charge is 2.48. The maximum absolute atomic E-state index is 14.3. The molecular formula is C26H26F5N3O5S. The van der Waals surface area contributed by atoms with Crippen LogP contribution in [0.5, 0.6) is 11.6 Å².